The van der Waals surface area contributed by atoms with Crippen molar-refractivity contribution in [3.63, 3.8) is 0 Å². The highest BCUT2D eigenvalue weighted by Crippen LogP contribution is 2.60. The minimum atomic E-state index is -5.58. The maximum atomic E-state index is 13.4. The molecule has 92 valence electrons. The fraction of sp³-hybridized carbons (Fsp3) is 0.222. The van der Waals surface area contributed by atoms with Gasteiger partial charge >= 0.3 is 13.3 Å². The van der Waals surface area contributed by atoms with Crippen molar-refractivity contribution in [1.82, 2.24) is 0 Å². The predicted molar refractivity (Wildman–Crippen MR) is 59.4 cm³/mol. The summed E-state index contributed by atoms with van der Waals surface area (Å²) in [6.45, 7) is 0. The largest absolute Gasteiger partial charge is 0.399 e. The van der Waals surface area contributed by atoms with Gasteiger partial charge in [-0.15, -0.1) is 0 Å². The highest BCUT2D eigenvalue weighted by Gasteiger charge is 2.51. The summed E-state index contributed by atoms with van der Waals surface area (Å²) < 4.78 is 37.3. The Labute approximate surface area is 104 Å². The average molecular weight is 326 g/mol. The van der Waals surface area contributed by atoms with E-state index in [0.29, 0.717) is 5.56 Å². The Morgan fingerprint density at radius 2 is 2.06 bits per heavy atom. The third-order valence-electron chi connectivity index (χ3n) is 2.01. The Morgan fingerprint density at radius 1 is 1.47 bits per heavy atom. The third kappa shape index (κ3) is 2.90. The van der Waals surface area contributed by atoms with Gasteiger partial charge in [0, 0.05) is 10.0 Å². The Balaban J connectivity index is 3.27. The van der Waals surface area contributed by atoms with Crippen LogP contribution in [0.25, 0.3) is 0 Å². The van der Waals surface area contributed by atoms with E-state index in [9.17, 15) is 13.3 Å². The molecule has 17 heavy (non-hydrogen) atoms. The van der Waals surface area contributed by atoms with Crippen LogP contribution in [0.15, 0.2) is 22.7 Å². The summed E-state index contributed by atoms with van der Waals surface area (Å²) >= 11 is 2.81. The Morgan fingerprint density at radius 3 is 2.47 bits per heavy atom. The van der Waals surface area contributed by atoms with Gasteiger partial charge in [-0.2, -0.15) is 14.0 Å². The minimum absolute atomic E-state index is 0.0281. The summed E-state index contributed by atoms with van der Waals surface area (Å²) in [5.74, 6) is 0. The van der Waals surface area contributed by atoms with E-state index >= 15 is 0 Å². The van der Waals surface area contributed by atoms with Crippen molar-refractivity contribution in [2.45, 2.75) is 12.1 Å². The van der Waals surface area contributed by atoms with Crippen molar-refractivity contribution in [3.8, 4) is 6.07 Å². The van der Waals surface area contributed by atoms with E-state index in [0.717, 1.165) is 6.07 Å². The second-order valence-electron chi connectivity index (χ2n) is 3.23. The predicted octanol–water partition coefficient (Wildman–Crippen LogP) is 2.74. The number of rotatable bonds is 3. The van der Waals surface area contributed by atoms with Gasteiger partial charge in [-0.3, -0.25) is 4.57 Å². The second-order valence-corrected chi connectivity index (χ2v) is 5.74. The average Bonchev–Trinajstić information content (AvgIpc) is 2.16. The van der Waals surface area contributed by atoms with Crippen molar-refractivity contribution in [3.05, 3.63) is 33.8 Å². The van der Waals surface area contributed by atoms with Crippen molar-refractivity contribution >= 4 is 23.5 Å². The van der Waals surface area contributed by atoms with E-state index in [4.69, 9.17) is 15.0 Å². The normalized spacial score (nSPS) is 12.2. The number of nitrogens with zero attached hydrogens (tertiary/aromatic N) is 1. The summed E-state index contributed by atoms with van der Waals surface area (Å²) in [7, 11) is -5.58. The first-order chi connectivity index (χ1) is 7.70. The van der Waals surface area contributed by atoms with Gasteiger partial charge in [0.15, 0.2) is 0 Å². The quantitative estimate of drug-likeness (QED) is 0.837. The van der Waals surface area contributed by atoms with Crippen molar-refractivity contribution in [2.24, 2.45) is 0 Å². The molecule has 1 rings (SSSR count). The van der Waals surface area contributed by atoms with Crippen LogP contribution in [-0.4, -0.2) is 9.79 Å². The molecule has 0 unspecified atom stereocenters. The van der Waals surface area contributed by atoms with Crippen molar-refractivity contribution < 1.29 is 23.1 Å². The van der Waals surface area contributed by atoms with Crippen molar-refractivity contribution in [1.29, 1.82) is 5.26 Å². The smallest absolute Gasteiger partial charge is 0.320 e. The molecule has 0 saturated carbocycles. The topological polar surface area (TPSA) is 81.3 Å². The van der Waals surface area contributed by atoms with E-state index in [1.807, 2.05) is 6.07 Å². The van der Waals surface area contributed by atoms with Crippen LogP contribution in [0.3, 0.4) is 0 Å². The molecule has 0 atom stereocenters. The van der Waals surface area contributed by atoms with E-state index < -0.39 is 18.8 Å². The lowest BCUT2D eigenvalue weighted by Gasteiger charge is -2.19. The molecule has 0 aliphatic carbocycles. The summed E-state index contributed by atoms with van der Waals surface area (Å²) in [4.78, 5) is 17.2. The molecule has 0 amide bonds. The fourth-order valence-corrected chi connectivity index (χ4v) is 2.50. The number of alkyl halides is 2. The third-order valence-corrected chi connectivity index (χ3v) is 3.64. The first-order valence-corrected chi connectivity index (χ1v) is 6.70. The molecular formula is C9H7BrF2NO3P. The summed E-state index contributed by atoms with van der Waals surface area (Å²) in [6, 6.07) is 5.20. The zero-order valence-electron chi connectivity index (χ0n) is 8.27. The lowest BCUT2D eigenvalue weighted by molar-refractivity contribution is 0.0557. The Hall–Kier alpha value is -0.800. The maximum absolute atomic E-state index is 13.4. The highest BCUT2D eigenvalue weighted by molar-refractivity contribution is 9.10. The number of hydrogen-bond donors (Lipinski definition) is 2. The molecule has 8 heteroatoms. The van der Waals surface area contributed by atoms with Crippen LogP contribution in [0.1, 0.15) is 11.1 Å². The van der Waals surface area contributed by atoms with Crippen LogP contribution in [0, 0.1) is 11.3 Å². The van der Waals surface area contributed by atoms with Crippen LogP contribution in [0.4, 0.5) is 8.78 Å². The SMILES string of the molecule is N#CCc1ccc(C(F)(F)P(=O)(O)O)c(Br)c1. The summed E-state index contributed by atoms with van der Waals surface area (Å²) in [5.41, 5.74) is -4.58. The van der Waals surface area contributed by atoms with Gasteiger partial charge in [-0.1, -0.05) is 28.1 Å². The van der Waals surface area contributed by atoms with Gasteiger partial charge in [0.2, 0.25) is 0 Å². The molecule has 0 saturated heterocycles. The summed E-state index contributed by atoms with van der Waals surface area (Å²) in [5, 5.41) is 8.43. The molecule has 0 bridgehead atoms. The molecule has 2 N–H and O–H groups in total. The molecule has 0 radical (unpaired) electrons. The van der Waals surface area contributed by atoms with Crippen LogP contribution in [0.5, 0.6) is 0 Å². The standard InChI is InChI=1S/C9H7BrF2NO3P/c10-8-5-6(3-4-13)1-2-7(8)9(11,12)17(14,15)16/h1-2,5H,3H2,(H2,14,15,16). The molecular weight excluding hydrogens is 319 g/mol. The van der Waals surface area contributed by atoms with E-state index in [-0.39, 0.29) is 10.9 Å². The number of hydrogen-bond acceptors (Lipinski definition) is 2. The maximum Gasteiger partial charge on any atom is 0.399 e. The highest BCUT2D eigenvalue weighted by atomic mass is 79.9. The zero-order valence-corrected chi connectivity index (χ0v) is 10.8. The Kier molecular flexibility index (Phi) is 4.05. The van der Waals surface area contributed by atoms with E-state index in [1.165, 1.54) is 12.1 Å². The minimum Gasteiger partial charge on any atom is -0.320 e. The van der Waals surface area contributed by atoms with Gasteiger partial charge in [0.05, 0.1) is 12.5 Å². The van der Waals surface area contributed by atoms with Crippen LogP contribution in [0.2, 0.25) is 0 Å². The molecule has 0 aliphatic heterocycles. The lowest BCUT2D eigenvalue weighted by atomic mass is 10.1. The molecule has 1 aromatic rings. The first kappa shape index (κ1) is 14.3. The number of halogens is 3. The number of nitriles is 1. The molecule has 0 spiro atoms. The van der Waals surface area contributed by atoms with Gasteiger partial charge in [0.25, 0.3) is 0 Å². The molecule has 0 aromatic heterocycles. The molecule has 1 aromatic carbocycles. The van der Waals surface area contributed by atoms with E-state index in [2.05, 4.69) is 15.9 Å². The second kappa shape index (κ2) is 4.83. The molecule has 0 heterocycles. The van der Waals surface area contributed by atoms with Gasteiger partial charge in [-0.05, 0) is 11.6 Å². The van der Waals surface area contributed by atoms with Gasteiger partial charge < -0.3 is 9.79 Å². The van der Waals surface area contributed by atoms with Gasteiger partial charge in [0.1, 0.15) is 0 Å². The fourth-order valence-electron chi connectivity index (χ4n) is 1.16. The Bertz CT molecular complexity index is 523. The van der Waals surface area contributed by atoms with Crippen LogP contribution in [-0.2, 0) is 16.6 Å². The molecule has 0 aliphatic rings. The van der Waals surface area contributed by atoms with Crippen molar-refractivity contribution in [2.75, 3.05) is 0 Å². The zero-order chi connectivity index (χ0) is 13.3. The lowest BCUT2D eigenvalue weighted by Crippen LogP contribution is -2.14. The first-order valence-electron chi connectivity index (χ1n) is 4.29. The van der Waals surface area contributed by atoms with E-state index in [1.54, 1.807) is 0 Å². The monoisotopic (exact) mass is 325 g/mol. The summed E-state index contributed by atoms with van der Waals surface area (Å²) in [6.07, 6.45) is 0.0281. The molecule has 0 fully saturated rings. The van der Waals surface area contributed by atoms with Crippen LogP contribution >= 0.6 is 23.5 Å². The number of benzene rings is 1. The van der Waals surface area contributed by atoms with Gasteiger partial charge in [-0.25, -0.2) is 0 Å². The van der Waals surface area contributed by atoms with Crippen LogP contribution < -0.4 is 0 Å². The molecule has 4 nitrogen and oxygen atoms in total.